The Kier molecular flexibility index (Phi) is 2.58. The molecule has 0 bridgehead atoms. The predicted molar refractivity (Wildman–Crippen MR) is 56.8 cm³/mol. The van der Waals surface area contributed by atoms with Crippen molar-refractivity contribution >= 4 is 5.91 Å². The molecule has 0 saturated heterocycles. The Morgan fingerprint density at radius 1 is 1.43 bits per heavy atom. The summed E-state index contributed by atoms with van der Waals surface area (Å²) in [5.41, 5.74) is 0.467. The van der Waals surface area contributed by atoms with Gasteiger partial charge in [0.2, 0.25) is 5.91 Å². The Morgan fingerprint density at radius 3 is 2.36 bits per heavy atom. The van der Waals surface area contributed by atoms with Crippen LogP contribution in [-0.4, -0.2) is 31.1 Å². The highest BCUT2D eigenvalue weighted by Gasteiger charge is 2.41. The molecule has 0 heterocycles. The van der Waals surface area contributed by atoms with E-state index in [1.807, 2.05) is 20.9 Å². The molecular formula is C10H19N3O. The summed E-state index contributed by atoms with van der Waals surface area (Å²) >= 11 is 0. The van der Waals surface area contributed by atoms with Gasteiger partial charge in [-0.15, -0.1) is 0 Å². The van der Waals surface area contributed by atoms with Crippen molar-refractivity contribution < 1.29 is 4.79 Å². The SMILES string of the molecule is CNC(=O)C(C)(C)NC1=C[C@]1(C)NC. The van der Waals surface area contributed by atoms with Gasteiger partial charge in [-0.1, -0.05) is 0 Å². The number of hydrogen-bond acceptors (Lipinski definition) is 3. The van der Waals surface area contributed by atoms with E-state index in [1.54, 1.807) is 7.05 Å². The highest BCUT2D eigenvalue weighted by molar-refractivity contribution is 5.85. The maximum Gasteiger partial charge on any atom is 0.244 e. The molecule has 0 aromatic rings. The first-order chi connectivity index (χ1) is 6.35. The molecule has 0 unspecified atom stereocenters. The minimum Gasteiger partial charge on any atom is -0.373 e. The van der Waals surface area contributed by atoms with Gasteiger partial charge in [-0.2, -0.15) is 0 Å². The topological polar surface area (TPSA) is 53.2 Å². The molecule has 4 nitrogen and oxygen atoms in total. The van der Waals surface area contributed by atoms with Crippen LogP contribution in [0.25, 0.3) is 0 Å². The Balaban J connectivity index is 2.54. The van der Waals surface area contributed by atoms with Crippen molar-refractivity contribution in [2.24, 2.45) is 0 Å². The number of nitrogens with one attached hydrogen (secondary N) is 3. The fraction of sp³-hybridized carbons (Fsp3) is 0.700. The second-order valence-electron chi connectivity index (χ2n) is 4.34. The highest BCUT2D eigenvalue weighted by atomic mass is 16.2. The summed E-state index contributed by atoms with van der Waals surface area (Å²) in [6.45, 7) is 5.79. The van der Waals surface area contributed by atoms with Gasteiger partial charge in [-0.3, -0.25) is 4.79 Å². The largest absolute Gasteiger partial charge is 0.373 e. The molecule has 1 aliphatic carbocycles. The average molecular weight is 197 g/mol. The molecule has 1 amide bonds. The average Bonchev–Trinajstić information content (AvgIpc) is 2.75. The molecule has 0 aromatic carbocycles. The minimum atomic E-state index is -0.560. The lowest BCUT2D eigenvalue weighted by Gasteiger charge is -2.26. The van der Waals surface area contributed by atoms with E-state index in [0.29, 0.717) is 0 Å². The van der Waals surface area contributed by atoms with E-state index in [-0.39, 0.29) is 11.4 Å². The van der Waals surface area contributed by atoms with Crippen molar-refractivity contribution in [3.63, 3.8) is 0 Å². The Hall–Kier alpha value is -1.03. The predicted octanol–water partition coefficient (Wildman–Crippen LogP) is -0.0238. The summed E-state index contributed by atoms with van der Waals surface area (Å²) in [6, 6.07) is 0. The van der Waals surface area contributed by atoms with Crippen molar-refractivity contribution in [1.82, 2.24) is 16.0 Å². The second-order valence-corrected chi connectivity index (χ2v) is 4.34. The summed E-state index contributed by atoms with van der Waals surface area (Å²) in [5.74, 6) is -0.0104. The molecular weight excluding hydrogens is 178 g/mol. The number of carbonyl (C=O) groups is 1. The third-order valence-corrected chi connectivity index (χ3v) is 2.67. The number of hydrogen-bond donors (Lipinski definition) is 3. The van der Waals surface area contributed by atoms with Crippen LogP contribution >= 0.6 is 0 Å². The molecule has 1 atom stereocenters. The molecule has 0 spiro atoms. The first-order valence-corrected chi connectivity index (χ1v) is 4.78. The normalized spacial score (nSPS) is 25.4. The highest BCUT2D eigenvalue weighted by Crippen LogP contribution is 2.32. The van der Waals surface area contributed by atoms with Gasteiger partial charge in [0, 0.05) is 12.7 Å². The molecule has 0 saturated carbocycles. The quantitative estimate of drug-likeness (QED) is 0.593. The minimum absolute atomic E-state index is 0.0104. The number of amides is 1. The lowest BCUT2D eigenvalue weighted by molar-refractivity contribution is -0.125. The van der Waals surface area contributed by atoms with E-state index in [2.05, 4.69) is 29.0 Å². The van der Waals surface area contributed by atoms with E-state index in [9.17, 15) is 4.79 Å². The van der Waals surface area contributed by atoms with Crippen LogP contribution in [0.3, 0.4) is 0 Å². The Bertz CT molecular complexity index is 283. The number of likely N-dealkylation sites (N-methyl/N-ethyl adjacent to an activating group) is 2. The van der Waals surface area contributed by atoms with Gasteiger partial charge in [0.25, 0.3) is 0 Å². The van der Waals surface area contributed by atoms with Crippen molar-refractivity contribution in [1.29, 1.82) is 0 Å². The van der Waals surface area contributed by atoms with E-state index in [4.69, 9.17) is 0 Å². The molecule has 0 aliphatic heterocycles. The Labute approximate surface area is 85.1 Å². The molecule has 4 heteroatoms. The van der Waals surface area contributed by atoms with Crippen molar-refractivity contribution in [2.45, 2.75) is 31.8 Å². The molecule has 80 valence electrons. The maximum atomic E-state index is 11.5. The van der Waals surface area contributed by atoms with E-state index >= 15 is 0 Å². The second kappa shape index (κ2) is 3.28. The smallest absolute Gasteiger partial charge is 0.244 e. The number of rotatable bonds is 4. The summed E-state index contributed by atoms with van der Waals surface area (Å²) in [4.78, 5) is 11.5. The van der Waals surface area contributed by atoms with Crippen LogP contribution in [-0.2, 0) is 4.79 Å². The maximum absolute atomic E-state index is 11.5. The first-order valence-electron chi connectivity index (χ1n) is 4.78. The van der Waals surface area contributed by atoms with Gasteiger partial charge < -0.3 is 16.0 Å². The lowest BCUT2D eigenvalue weighted by Crippen LogP contribution is -2.52. The van der Waals surface area contributed by atoms with E-state index < -0.39 is 5.54 Å². The van der Waals surface area contributed by atoms with Crippen molar-refractivity contribution in [3.05, 3.63) is 11.8 Å². The van der Waals surface area contributed by atoms with Gasteiger partial charge in [0.05, 0.1) is 5.54 Å². The molecule has 1 rings (SSSR count). The van der Waals surface area contributed by atoms with Crippen molar-refractivity contribution in [3.8, 4) is 0 Å². The first kappa shape index (κ1) is 11.0. The van der Waals surface area contributed by atoms with Crippen LogP contribution in [0.4, 0.5) is 0 Å². The van der Waals surface area contributed by atoms with Crippen LogP contribution in [0.5, 0.6) is 0 Å². The van der Waals surface area contributed by atoms with Crippen LogP contribution in [0.15, 0.2) is 11.8 Å². The van der Waals surface area contributed by atoms with Crippen LogP contribution < -0.4 is 16.0 Å². The van der Waals surface area contributed by atoms with Crippen LogP contribution in [0.2, 0.25) is 0 Å². The van der Waals surface area contributed by atoms with Crippen LogP contribution in [0.1, 0.15) is 20.8 Å². The molecule has 3 N–H and O–H groups in total. The van der Waals surface area contributed by atoms with Gasteiger partial charge in [-0.25, -0.2) is 0 Å². The summed E-state index contributed by atoms with van der Waals surface area (Å²) in [7, 11) is 3.54. The summed E-state index contributed by atoms with van der Waals surface area (Å²) < 4.78 is 0. The standard InChI is InChI=1S/C10H19N3O/c1-9(2,8(14)11-4)13-7-6-10(7,3)12-5/h6,12-13H,1-5H3,(H,11,14)/t10-/m0/s1. The molecule has 0 fully saturated rings. The van der Waals surface area contributed by atoms with Gasteiger partial charge >= 0.3 is 0 Å². The molecule has 0 radical (unpaired) electrons. The van der Waals surface area contributed by atoms with Gasteiger partial charge in [0.15, 0.2) is 0 Å². The third-order valence-electron chi connectivity index (χ3n) is 2.67. The van der Waals surface area contributed by atoms with Crippen LogP contribution in [0, 0.1) is 0 Å². The zero-order chi connectivity index (χ0) is 11.0. The Morgan fingerprint density at radius 2 is 2.00 bits per heavy atom. The summed E-state index contributed by atoms with van der Waals surface area (Å²) in [6.07, 6.45) is 2.07. The van der Waals surface area contributed by atoms with E-state index in [0.717, 1.165) is 5.70 Å². The van der Waals surface area contributed by atoms with E-state index in [1.165, 1.54) is 0 Å². The molecule has 1 aliphatic rings. The fourth-order valence-corrected chi connectivity index (χ4v) is 1.33. The van der Waals surface area contributed by atoms with Gasteiger partial charge in [-0.05, 0) is 33.9 Å². The zero-order valence-electron chi connectivity index (χ0n) is 9.49. The summed E-state index contributed by atoms with van der Waals surface area (Å²) in [5, 5.41) is 9.00. The molecule has 0 aromatic heterocycles. The third kappa shape index (κ3) is 1.90. The zero-order valence-corrected chi connectivity index (χ0v) is 9.49. The monoisotopic (exact) mass is 197 g/mol. The van der Waals surface area contributed by atoms with Gasteiger partial charge in [0.1, 0.15) is 5.54 Å². The molecule has 14 heavy (non-hydrogen) atoms. The fourth-order valence-electron chi connectivity index (χ4n) is 1.33. The lowest BCUT2D eigenvalue weighted by atomic mass is 10.0. The number of carbonyl (C=O) groups excluding carboxylic acids is 1. The van der Waals surface area contributed by atoms with Crippen molar-refractivity contribution in [2.75, 3.05) is 14.1 Å².